The molecule has 1 rings (SSSR count). The molecular weight excluding hydrogens is 337 g/mol. The van der Waals surface area contributed by atoms with Crippen molar-refractivity contribution >= 4 is 29.7 Å². The van der Waals surface area contributed by atoms with Crippen LogP contribution in [0.1, 0.15) is 29.7 Å². The lowest BCUT2D eigenvalue weighted by Gasteiger charge is -2.26. The van der Waals surface area contributed by atoms with E-state index in [0.29, 0.717) is 6.54 Å². The van der Waals surface area contributed by atoms with Gasteiger partial charge in [0.05, 0.1) is 6.10 Å². The molecule has 7 heteroatoms. The van der Waals surface area contributed by atoms with E-state index in [2.05, 4.69) is 30.4 Å². The van der Waals surface area contributed by atoms with Gasteiger partial charge in [-0.3, -0.25) is 0 Å². The number of hydrogen-bond acceptors (Lipinski definition) is 4. The predicted octanol–water partition coefficient (Wildman–Crippen LogP) is 3.34. The maximum Gasteiger partial charge on any atom is 0.242 e. The van der Waals surface area contributed by atoms with Gasteiger partial charge in [0, 0.05) is 13.7 Å². The third kappa shape index (κ3) is 7.09. The fourth-order valence-electron chi connectivity index (χ4n) is 2.26. The number of rotatable bonds is 8. The van der Waals surface area contributed by atoms with Crippen molar-refractivity contribution in [1.82, 2.24) is 4.90 Å². The molecule has 1 aromatic carbocycles. The Hall–Kier alpha value is 0.0600. The lowest BCUT2D eigenvalue weighted by Crippen LogP contribution is -2.22. The van der Waals surface area contributed by atoms with Gasteiger partial charge in [0.1, 0.15) is 6.10 Å². The highest BCUT2D eigenvalue weighted by atomic mass is 32.9. The number of hydrogen-bond donors (Lipinski definition) is 2. The number of nitrogens with zero attached hydrogens (tertiary/aromatic N) is 1. The molecule has 0 fully saturated rings. The van der Waals surface area contributed by atoms with Gasteiger partial charge in [-0.15, -0.1) is 0 Å². The minimum atomic E-state index is -3.04. The minimum Gasteiger partial charge on any atom is -0.381 e. The lowest BCUT2D eigenvalue weighted by atomic mass is 9.97. The van der Waals surface area contributed by atoms with E-state index in [0.717, 1.165) is 17.5 Å². The van der Waals surface area contributed by atoms with Crippen LogP contribution in [0.2, 0.25) is 0 Å². The van der Waals surface area contributed by atoms with Crippen LogP contribution in [0.25, 0.3) is 0 Å². The highest BCUT2D eigenvalue weighted by Gasteiger charge is 2.22. The average molecular weight is 363 g/mol. The third-order valence-electron chi connectivity index (χ3n) is 3.41. The van der Waals surface area contributed by atoms with Crippen LogP contribution < -0.4 is 0 Å². The second-order valence-corrected chi connectivity index (χ2v) is 10.9. The number of ether oxygens (including phenoxy) is 1. The molecule has 0 saturated carbocycles. The van der Waals surface area contributed by atoms with Crippen molar-refractivity contribution in [2.24, 2.45) is 0 Å². The zero-order chi connectivity index (χ0) is 16.9. The van der Waals surface area contributed by atoms with Crippen molar-refractivity contribution in [3.63, 3.8) is 0 Å². The molecule has 126 valence electrons. The molecule has 0 amide bonds. The number of benzene rings is 1. The van der Waals surface area contributed by atoms with E-state index in [9.17, 15) is 4.89 Å². The van der Waals surface area contributed by atoms with Gasteiger partial charge < -0.3 is 19.1 Å². The maximum atomic E-state index is 9.84. The van der Waals surface area contributed by atoms with Crippen LogP contribution in [-0.2, 0) is 27.5 Å². The first kappa shape index (κ1) is 20.1. The Labute approximate surface area is 144 Å². The van der Waals surface area contributed by atoms with Crippen LogP contribution in [0, 0.1) is 6.92 Å². The predicted molar refractivity (Wildman–Crippen MR) is 99.2 cm³/mol. The summed E-state index contributed by atoms with van der Waals surface area (Å²) in [7, 11) is 5.63. The fraction of sp³-hybridized carbons (Fsp3) is 0.600. The van der Waals surface area contributed by atoms with Crippen LogP contribution in [-0.4, -0.2) is 43.6 Å². The molecule has 3 atom stereocenters. The molecule has 0 radical (unpaired) electrons. The van der Waals surface area contributed by atoms with Gasteiger partial charge in [-0.25, -0.2) is 0 Å². The summed E-state index contributed by atoms with van der Waals surface area (Å²) in [6.07, 6.45) is 0.672. The quantitative estimate of drug-likeness (QED) is 0.548. The summed E-state index contributed by atoms with van der Waals surface area (Å²) in [6.45, 7) is 4.70. The molecule has 1 aromatic rings. The molecule has 22 heavy (non-hydrogen) atoms. The van der Waals surface area contributed by atoms with Crippen molar-refractivity contribution in [1.29, 1.82) is 0 Å². The SMILES string of the molecule is COC(C)Cc1ccc(C)c(C(CN(C)C)OP(O)(=S)S)c1. The van der Waals surface area contributed by atoms with Gasteiger partial charge in [0.2, 0.25) is 5.69 Å². The first-order valence-electron chi connectivity index (χ1n) is 7.13. The summed E-state index contributed by atoms with van der Waals surface area (Å²) in [5.74, 6) is 0. The van der Waals surface area contributed by atoms with E-state index in [1.165, 1.54) is 5.56 Å². The molecule has 4 nitrogen and oxygen atoms in total. The van der Waals surface area contributed by atoms with Crippen molar-refractivity contribution in [3.05, 3.63) is 34.9 Å². The van der Waals surface area contributed by atoms with E-state index >= 15 is 0 Å². The van der Waals surface area contributed by atoms with E-state index in [4.69, 9.17) is 21.1 Å². The summed E-state index contributed by atoms with van der Waals surface area (Å²) < 4.78 is 11.0. The number of methoxy groups -OCH3 is 1. The molecule has 0 aromatic heterocycles. The van der Waals surface area contributed by atoms with E-state index in [-0.39, 0.29) is 12.2 Å². The van der Waals surface area contributed by atoms with Crippen LogP contribution in [0.15, 0.2) is 18.2 Å². The van der Waals surface area contributed by atoms with Gasteiger partial charge >= 0.3 is 0 Å². The Kier molecular flexibility index (Phi) is 8.03. The smallest absolute Gasteiger partial charge is 0.242 e. The first-order valence-corrected chi connectivity index (χ1v) is 11.0. The topological polar surface area (TPSA) is 41.9 Å². The first-order chi connectivity index (χ1) is 10.1. The molecule has 0 heterocycles. The highest BCUT2D eigenvalue weighted by Crippen LogP contribution is 2.51. The molecule has 0 spiro atoms. The molecule has 0 aliphatic heterocycles. The molecule has 0 saturated heterocycles. The number of thiol groups is 1. The Morgan fingerprint density at radius 3 is 2.55 bits per heavy atom. The zero-order valence-corrected chi connectivity index (χ0v) is 16.4. The Morgan fingerprint density at radius 2 is 2.05 bits per heavy atom. The van der Waals surface area contributed by atoms with Gasteiger partial charge in [-0.05, 0) is 62.9 Å². The van der Waals surface area contributed by atoms with E-state index in [1.54, 1.807) is 7.11 Å². The molecule has 0 aliphatic carbocycles. The summed E-state index contributed by atoms with van der Waals surface area (Å²) in [6, 6.07) is 6.27. The Balaban J connectivity index is 3.11. The maximum absolute atomic E-state index is 9.84. The fourth-order valence-corrected chi connectivity index (χ4v) is 3.43. The Bertz CT molecular complexity index is 534. The van der Waals surface area contributed by atoms with Crippen LogP contribution >= 0.6 is 17.9 Å². The van der Waals surface area contributed by atoms with Crippen molar-refractivity contribution in [3.8, 4) is 0 Å². The second-order valence-electron chi connectivity index (χ2n) is 5.79. The van der Waals surface area contributed by atoms with Crippen molar-refractivity contribution in [2.75, 3.05) is 27.7 Å². The monoisotopic (exact) mass is 363 g/mol. The molecule has 0 bridgehead atoms. The summed E-state index contributed by atoms with van der Waals surface area (Å²) in [5.41, 5.74) is 0.281. The van der Waals surface area contributed by atoms with Crippen molar-refractivity contribution in [2.45, 2.75) is 32.5 Å². The number of aryl methyl sites for hydroxylation is 1. The zero-order valence-electron chi connectivity index (χ0n) is 13.8. The molecule has 3 unspecified atom stereocenters. The molecule has 1 N–H and O–H groups in total. The summed E-state index contributed by atoms with van der Waals surface area (Å²) in [5, 5.41) is 0. The molecule has 0 aliphatic rings. The van der Waals surface area contributed by atoms with Gasteiger partial charge in [-0.1, -0.05) is 30.4 Å². The largest absolute Gasteiger partial charge is 0.381 e. The third-order valence-corrected chi connectivity index (χ3v) is 4.48. The Morgan fingerprint density at radius 1 is 1.41 bits per heavy atom. The normalized spacial score (nSPS) is 17.3. The highest BCUT2D eigenvalue weighted by molar-refractivity contribution is 8.59. The van der Waals surface area contributed by atoms with E-state index < -0.39 is 5.69 Å². The summed E-state index contributed by atoms with van der Waals surface area (Å²) in [4.78, 5) is 11.8. The van der Waals surface area contributed by atoms with Gasteiger partial charge in [-0.2, -0.15) is 0 Å². The van der Waals surface area contributed by atoms with Gasteiger partial charge in [0.15, 0.2) is 0 Å². The van der Waals surface area contributed by atoms with Crippen LogP contribution in [0.5, 0.6) is 0 Å². The van der Waals surface area contributed by atoms with Crippen LogP contribution in [0.3, 0.4) is 0 Å². The average Bonchev–Trinajstić information content (AvgIpc) is 2.38. The second kappa shape index (κ2) is 8.78. The standard InChI is InChI=1S/C15H26NO3PS2/c1-11-6-7-13(8-12(2)18-5)9-14(11)15(10-16(3)4)19-20(17,21)22/h6-7,9,12,15H,8,10H2,1-5H3,(H2,17,21,22). The van der Waals surface area contributed by atoms with Crippen molar-refractivity contribution < 1.29 is 14.2 Å². The summed E-state index contributed by atoms with van der Waals surface area (Å²) >= 11 is 8.97. The van der Waals surface area contributed by atoms with E-state index in [1.807, 2.05) is 32.8 Å². The van der Waals surface area contributed by atoms with Gasteiger partial charge in [0.25, 0.3) is 0 Å². The lowest BCUT2D eigenvalue weighted by molar-refractivity contribution is 0.118. The number of likely N-dealkylation sites (N-methyl/N-ethyl adjacent to an activating group) is 1. The minimum absolute atomic E-state index is 0.150. The van der Waals surface area contributed by atoms with Crippen LogP contribution in [0.4, 0.5) is 0 Å². The molecular formula is C15H26NO3PS2.